The first kappa shape index (κ1) is 24.1. The van der Waals surface area contributed by atoms with Gasteiger partial charge >= 0.3 is 6.18 Å². The second-order valence-corrected chi connectivity index (χ2v) is 8.67. The average molecular weight is 507 g/mol. The van der Waals surface area contributed by atoms with Crippen molar-refractivity contribution >= 4 is 21.0 Å². The van der Waals surface area contributed by atoms with Crippen molar-refractivity contribution in [3.8, 4) is 23.0 Å². The minimum absolute atomic E-state index is 0.0433. The van der Waals surface area contributed by atoms with Crippen molar-refractivity contribution in [1.29, 1.82) is 0 Å². The molecule has 182 valence electrons. The van der Waals surface area contributed by atoms with Gasteiger partial charge in [-0.1, -0.05) is 18.2 Å². The van der Waals surface area contributed by atoms with Crippen LogP contribution in [-0.4, -0.2) is 15.5 Å². The van der Waals surface area contributed by atoms with Gasteiger partial charge in [0.25, 0.3) is 15.8 Å². The average Bonchev–Trinajstić information content (AvgIpc) is 2.84. The molecule has 0 atom stereocenters. The van der Waals surface area contributed by atoms with Crippen molar-refractivity contribution < 1.29 is 40.3 Å². The van der Waals surface area contributed by atoms with Crippen molar-refractivity contribution in [3.63, 3.8) is 0 Å². The summed E-state index contributed by atoms with van der Waals surface area (Å²) < 4.78 is 80.9. The third kappa shape index (κ3) is 5.23. The first-order valence-electron chi connectivity index (χ1n) is 9.82. The number of rotatable bonds is 7. The Balaban J connectivity index is 1.69. The maximum Gasteiger partial charge on any atom is 0.453 e. The molecule has 0 unspecified atom stereocenters. The number of ether oxygens (including phenoxy) is 2. The van der Waals surface area contributed by atoms with Gasteiger partial charge in [0.2, 0.25) is 11.2 Å². The van der Waals surface area contributed by atoms with E-state index in [4.69, 9.17) is 18.7 Å². The van der Waals surface area contributed by atoms with E-state index in [9.17, 15) is 26.4 Å². The van der Waals surface area contributed by atoms with E-state index in [0.717, 1.165) is 12.1 Å². The lowest BCUT2D eigenvalue weighted by molar-refractivity contribution is -0.154. The quantitative estimate of drug-likeness (QED) is 0.356. The smallest absolute Gasteiger partial charge is 0.453 e. The molecule has 4 rings (SSSR count). The maximum absolute atomic E-state index is 13.7. The largest absolute Gasteiger partial charge is 0.497 e. The number of nitrogens with one attached hydrogen (secondary N) is 1. The van der Waals surface area contributed by atoms with Gasteiger partial charge in [0.1, 0.15) is 17.1 Å². The number of hydrogen-bond acceptors (Lipinski definition) is 7. The van der Waals surface area contributed by atoms with Crippen LogP contribution in [0.4, 0.5) is 13.2 Å². The number of methoxy groups -OCH3 is 1. The van der Waals surface area contributed by atoms with Gasteiger partial charge in [-0.15, -0.1) is 0 Å². The van der Waals surface area contributed by atoms with Gasteiger partial charge in [-0.3, -0.25) is 4.79 Å². The van der Waals surface area contributed by atoms with Crippen LogP contribution in [0, 0.1) is 0 Å². The second-order valence-electron chi connectivity index (χ2n) is 7.02. The van der Waals surface area contributed by atoms with Crippen LogP contribution in [0.25, 0.3) is 11.0 Å². The molecule has 12 heteroatoms. The molecule has 8 nitrogen and oxygen atoms in total. The standard InChI is InChI=1S/C23H16F3NO7S/c1-31-14-7-9-15(10-8-14)32-21-20(28)18-12-11-16(13-19(18)33-22(21)23(24,25)26)34-27-35(29,30)17-5-3-2-4-6-17/h2-13,27H,1H3. The van der Waals surface area contributed by atoms with E-state index in [-0.39, 0.29) is 21.8 Å². The molecule has 3 aromatic carbocycles. The lowest BCUT2D eigenvalue weighted by Gasteiger charge is -2.14. The molecule has 0 bridgehead atoms. The zero-order valence-electron chi connectivity index (χ0n) is 17.8. The molecule has 0 aliphatic heterocycles. The highest BCUT2D eigenvalue weighted by Crippen LogP contribution is 2.38. The molecule has 35 heavy (non-hydrogen) atoms. The lowest BCUT2D eigenvalue weighted by Crippen LogP contribution is -2.27. The van der Waals surface area contributed by atoms with E-state index in [2.05, 4.69) is 0 Å². The highest BCUT2D eigenvalue weighted by Gasteiger charge is 2.40. The van der Waals surface area contributed by atoms with E-state index in [1.165, 1.54) is 61.7 Å². The summed E-state index contributed by atoms with van der Waals surface area (Å²) in [5, 5.41) is -0.236. The number of alkyl halides is 3. The van der Waals surface area contributed by atoms with Gasteiger partial charge in [-0.05, 0) is 53.4 Å². The van der Waals surface area contributed by atoms with E-state index in [0.29, 0.717) is 5.75 Å². The Morgan fingerprint density at radius 3 is 2.14 bits per heavy atom. The van der Waals surface area contributed by atoms with E-state index in [1.54, 1.807) is 6.07 Å². The van der Waals surface area contributed by atoms with E-state index >= 15 is 0 Å². The Morgan fingerprint density at radius 2 is 1.51 bits per heavy atom. The van der Waals surface area contributed by atoms with Crippen LogP contribution in [0.3, 0.4) is 0 Å². The van der Waals surface area contributed by atoms with Gasteiger partial charge in [0.05, 0.1) is 17.4 Å². The molecule has 0 saturated carbocycles. The maximum atomic E-state index is 13.7. The van der Waals surface area contributed by atoms with Gasteiger partial charge in [0, 0.05) is 6.07 Å². The predicted octanol–water partition coefficient (Wildman–Crippen LogP) is 4.89. The SMILES string of the molecule is COc1ccc(Oc2c(C(F)(F)F)oc3cc(ONS(=O)(=O)c4ccccc4)ccc3c2=O)cc1. The van der Waals surface area contributed by atoms with Gasteiger partial charge in [-0.25, -0.2) is 8.42 Å². The first-order valence-corrected chi connectivity index (χ1v) is 11.3. The zero-order valence-corrected chi connectivity index (χ0v) is 18.6. The molecule has 0 amide bonds. The number of benzene rings is 3. The van der Waals surface area contributed by atoms with Crippen molar-refractivity contribution in [2.75, 3.05) is 7.11 Å². The van der Waals surface area contributed by atoms with Crippen molar-refractivity contribution in [2.45, 2.75) is 11.1 Å². The number of hydrogen-bond donors (Lipinski definition) is 1. The zero-order chi connectivity index (χ0) is 25.2. The van der Waals surface area contributed by atoms with Gasteiger partial charge in [-0.2, -0.15) is 13.2 Å². The van der Waals surface area contributed by atoms with Crippen LogP contribution >= 0.6 is 0 Å². The van der Waals surface area contributed by atoms with Crippen LogP contribution in [0.5, 0.6) is 23.0 Å². The van der Waals surface area contributed by atoms with Crippen LogP contribution in [0.15, 0.2) is 86.9 Å². The molecule has 1 N–H and O–H groups in total. The Kier molecular flexibility index (Phi) is 6.41. The highest BCUT2D eigenvalue weighted by molar-refractivity contribution is 7.89. The molecule has 1 aromatic heterocycles. The summed E-state index contributed by atoms with van der Waals surface area (Å²) in [6, 6.07) is 16.1. The third-order valence-corrected chi connectivity index (χ3v) is 5.88. The summed E-state index contributed by atoms with van der Waals surface area (Å²) in [5.41, 5.74) is -1.56. The summed E-state index contributed by atoms with van der Waals surface area (Å²) in [4.78, 5) is 19.7. The predicted molar refractivity (Wildman–Crippen MR) is 118 cm³/mol. The fraction of sp³-hybridized carbons (Fsp3) is 0.0870. The van der Waals surface area contributed by atoms with Gasteiger partial charge < -0.3 is 18.7 Å². The van der Waals surface area contributed by atoms with Crippen molar-refractivity contribution in [3.05, 3.63) is 88.8 Å². The molecule has 1 heterocycles. The summed E-state index contributed by atoms with van der Waals surface area (Å²) in [6.45, 7) is 0. The fourth-order valence-corrected chi connectivity index (χ4v) is 3.83. The van der Waals surface area contributed by atoms with Crippen molar-refractivity contribution in [1.82, 2.24) is 4.89 Å². The van der Waals surface area contributed by atoms with Crippen molar-refractivity contribution in [2.24, 2.45) is 0 Å². The Labute approximate surface area is 196 Å². The summed E-state index contributed by atoms with van der Waals surface area (Å²) in [5.74, 6) is -2.52. The monoisotopic (exact) mass is 507 g/mol. The molecular formula is C23H16F3NO7S. The fourth-order valence-electron chi connectivity index (χ4n) is 3.01. The topological polar surface area (TPSA) is 104 Å². The lowest BCUT2D eigenvalue weighted by atomic mass is 10.2. The molecule has 0 aliphatic carbocycles. The number of halogens is 3. The minimum Gasteiger partial charge on any atom is -0.497 e. The molecule has 0 aliphatic rings. The van der Waals surface area contributed by atoms with E-state index < -0.39 is 38.7 Å². The Bertz CT molecular complexity index is 1520. The highest BCUT2D eigenvalue weighted by atomic mass is 32.2. The molecule has 0 saturated heterocycles. The van der Waals surface area contributed by atoms with Crippen LogP contribution in [-0.2, 0) is 16.2 Å². The van der Waals surface area contributed by atoms with Crippen LogP contribution < -0.4 is 24.6 Å². The number of sulfonamides is 1. The summed E-state index contributed by atoms with van der Waals surface area (Å²) >= 11 is 0. The molecule has 0 spiro atoms. The molecule has 0 fully saturated rings. The summed E-state index contributed by atoms with van der Waals surface area (Å²) in [7, 11) is -2.65. The van der Waals surface area contributed by atoms with Gasteiger partial charge in [0.15, 0.2) is 5.75 Å². The van der Waals surface area contributed by atoms with E-state index in [1.807, 2.05) is 4.89 Å². The first-order chi connectivity index (χ1) is 16.6. The van der Waals surface area contributed by atoms with Crippen LogP contribution in [0.1, 0.15) is 5.76 Å². The molecule has 0 radical (unpaired) electrons. The summed E-state index contributed by atoms with van der Waals surface area (Å²) in [6.07, 6.45) is -5.07. The Morgan fingerprint density at radius 1 is 0.886 bits per heavy atom. The number of fused-ring (bicyclic) bond motifs is 1. The second kappa shape index (κ2) is 9.31. The molecule has 4 aromatic rings. The Hall–Kier alpha value is -4.03. The normalized spacial score (nSPS) is 11.9. The molecular weight excluding hydrogens is 491 g/mol. The van der Waals surface area contributed by atoms with Crippen LogP contribution in [0.2, 0.25) is 0 Å². The third-order valence-electron chi connectivity index (χ3n) is 4.68. The minimum atomic E-state index is -5.07.